The average Bonchev–Trinajstić information content (AvgIpc) is 2.67. The quantitative estimate of drug-likeness (QED) is 0.420. The lowest BCUT2D eigenvalue weighted by Gasteiger charge is -2.18. The van der Waals surface area contributed by atoms with E-state index in [1.807, 2.05) is 18.2 Å². The number of nitrogens with one attached hydrogen (secondary N) is 2. The van der Waals surface area contributed by atoms with Crippen molar-refractivity contribution in [2.45, 2.75) is 18.4 Å². The molecule has 0 bridgehead atoms. The Hall–Kier alpha value is -2.04. The number of carbonyl (C=O) groups excluding carboxylic acids is 2. The van der Waals surface area contributed by atoms with Crippen LogP contribution in [0, 0.1) is 0 Å². The Kier molecular flexibility index (Phi) is 1.58. The molecule has 1 spiro atoms. The van der Waals surface area contributed by atoms with Crippen LogP contribution in [-0.2, 0) is 17.6 Å². The second-order valence-electron chi connectivity index (χ2n) is 4.37. The molecule has 1 unspecified atom stereocenters. The first-order valence-corrected chi connectivity index (χ1v) is 5.10. The van der Waals surface area contributed by atoms with Crippen LogP contribution >= 0.6 is 0 Å². The van der Waals surface area contributed by atoms with Gasteiger partial charge in [-0.2, -0.15) is 0 Å². The van der Waals surface area contributed by atoms with Gasteiger partial charge in [-0.1, -0.05) is 6.07 Å². The van der Waals surface area contributed by atoms with Crippen LogP contribution in [-0.4, -0.2) is 17.5 Å². The number of hydrogen-bond acceptors (Lipinski definition) is 3. The number of benzene rings is 1. The first kappa shape index (κ1) is 9.21. The maximum Gasteiger partial charge on any atom is 0.322 e. The van der Waals surface area contributed by atoms with Crippen LogP contribution in [0.4, 0.5) is 10.5 Å². The lowest BCUT2D eigenvalue weighted by atomic mass is 9.96. The molecule has 1 fully saturated rings. The van der Waals surface area contributed by atoms with Gasteiger partial charge in [0, 0.05) is 18.5 Å². The Morgan fingerprint density at radius 1 is 1.19 bits per heavy atom. The van der Waals surface area contributed by atoms with E-state index in [1.54, 1.807) is 0 Å². The summed E-state index contributed by atoms with van der Waals surface area (Å²) in [5.74, 6) is -0.243. The summed E-state index contributed by atoms with van der Waals surface area (Å²) in [4.78, 5) is 22.9. The number of hydrogen-bond donors (Lipinski definition) is 3. The Bertz CT molecular complexity index is 512. The SMILES string of the molecule is Nc1ccc2c(c1)CC1(C2)NC(=O)NC1=O. The van der Waals surface area contributed by atoms with Crippen LogP contribution in [0.3, 0.4) is 0 Å². The number of carbonyl (C=O) groups is 2. The van der Waals surface area contributed by atoms with Crippen LogP contribution in [0.15, 0.2) is 18.2 Å². The topological polar surface area (TPSA) is 84.2 Å². The molecule has 1 aromatic carbocycles. The fourth-order valence-corrected chi connectivity index (χ4v) is 2.47. The molecule has 82 valence electrons. The van der Waals surface area contributed by atoms with Gasteiger partial charge in [0.05, 0.1) is 0 Å². The second kappa shape index (κ2) is 2.75. The maximum absolute atomic E-state index is 11.7. The molecule has 5 heteroatoms. The Morgan fingerprint density at radius 3 is 2.62 bits per heavy atom. The molecule has 5 nitrogen and oxygen atoms in total. The predicted octanol–water partition coefficient (Wildman–Crippen LogP) is -0.0544. The van der Waals surface area contributed by atoms with Crippen LogP contribution in [0.5, 0.6) is 0 Å². The van der Waals surface area contributed by atoms with E-state index in [9.17, 15) is 9.59 Å². The molecule has 0 radical (unpaired) electrons. The number of amides is 3. The number of urea groups is 1. The number of rotatable bonds is 0. The van der Waals surface area contributed by atoms with E-state index in [4.69, 9.17) is 5.73 Å². The van der Waals surface area contributed by atoms with Crippen LogP contribution in [0.1, 0.15) is 11.1 Å². The molecule has 1 heterocycles. The first-order valence-electron chi connectivity index (χ1n) is 5.10. The van der Waals surface area contributed by atoms with Crippen LogP contribution in [0.25, 0.3) is 0 Å². The normalized spacial score (nSPS) is 26.8. The summed E-state index contributed by atoms with van der Waals surface area (Å²) in [7, 11) is 0. The minimum atomic E-state index is -0.785. The van der Waals surface area contributed by atoms with Crippen LogP contribution in [0.2, 0.25) is 0 Å². The smallest absolute Gasteiger partial charge is 0.322 e. The number of nitrogen functional groups attached to an aromatic ring is 1. The highest BCUT2D eigenvalue weighted by Crippen LogP contribution is 2.33. The van der Waals surface area contributed by atoms with Crippen molar-refractivity contribution in [3.05, 3.63) is 29.3 Å². The minimum Gasteiger partial charge on any atom is -0.399 e. The molecule has 0 saturated carbocycles. The zero-order chi connectivity index (χ0) is 11.3. The van der Waals surface area contributed by atoms with E-state index in [1.165, 1.54) is 0 Å². The highest BCUT2D eigenvalue weighted by molar-refractivity contribution is 6.07. The van der Waals surface area contributed by atoms with Gasteiger partial charge < -0.3 is 11.1 Å². The fraction of sp³-hybridized carbons (Fsp3) is 0.273. The summed E-state index contributed by atoms with van der Waals surface area (Å²) in [5.41, 5.74) is 7.70. The zero-order valence-electron chi connectivity index (χ0n) is 8.54. The van der Waals surface area contributed by atoms with Crippen molar-refractivity contribution in [1.29, 1.82) is 0 Å². The van der Waals surface area contributed by atoms with Gasteiger partial charge in [-0.15, -0.1) is 0 Å². The highest BCUT2D eigenvalue weighted by atomic mass is 16.2. The number of imide groups is 1. The van der Waals surface area contributed by atoms with Crippen molar-refractivity contribution >= 4 is 17.6 Å². The van der Waals surface area contributed by atoms with Gasteiger partial charge in [0.1, 0.15) is 5.54 Å². The van der Waals surface area contributed by atoms with Crippen molar-refractivity contribution in [3.63, 3.8) is 0 Å². The molecule has 1 aliphatic carbocycles. The van der Waals surface area contributed by atoms with Gasteiger partial charge in [0.25, 0.3) is 5.91 Å². The van der Waals surface area contributed by atoms with E-state index < -0.39 is 11.6 Å². The Labute approximate surface area is 92.0 Å². The van der Waals surface area contributed by atoms with Gasteiger partial charge in [-0.3, -0.25) is 10.1 Å². The summed E-state index contributed by atoms with van der Waals surface area (Å²) in [6.07, 6.45) is 1.06. The zero-order valence-corrected chi connectivity index (χ0v) is 8.54. The van der Waals surface area contributed by atoms with Crippen LogP contribution < -0.4 is 16.4 Å². The third-order valence-electron chi connectivity index (χ3n) is 3.23. The Morgan fingerprint density at radius 2 is 1.94 bits per heavy atom. The van der Waals surface area contributed by atoms with Gasteiger partial charge in [-0.25, -0.2) is 4.79 Å². The molecular weight excluding hydrogens is 206 g/mol. The average molecular weight is 217 g/mol. The molecule has 0 aromatic heterocycles. The van der Waals surface area contributed by atoms with Gasteiger partial charge in [0.2, 0.25) is 0 Å². The lowest BCUT2D eigenvalue weighted by Crippen LogP contribution is -2.47. The third-order valence-corrected chi connectivity index (χ3v) is 3.23. The molecule has 1 aromatic rings. The summed E-state index contributed by atoms with van der Waals surface area (Å²) < 4.78 is 0. The summed E-state index contributed by atoms with van der Waals surface area (Å²) in [6.45, 7) is 0. The summed E-state index contributed by atoms with van der Waals surface area (Å²) >= 11 is 0. The highest BCUT2D eigenvalue weighted by Gasteiger charge is 2.49. The van der Waals surface area contributed by atoms with Gasteiger partial charge in [0.15, 0.2) is 0 Å². The molecule has 1 saturated heterocycles. The number of fused-ring (bicyclic) bond motifs is 1. The van der Waals surface area contributed by atoms with E-state index in [0.29, 0.717) is 18.5 Å². The lowest BCUT2D eigenvalue weighted by molar-refractivity contribution is -0.123. The standard InChI is InChI=1S/C11H11N3O2/c12-8-2-1-6-4-11(5-7(6)3-8)9(15)13-10(16)14-11/h1-3H,4-5,12H2,(H2,13,14,15,16). The molecule has 16 heavy (non-hydrogen) atoms. The molecule has 3 amide bonds. The van der Waals surface area contributed by atoms with E-state index >= 15 is 0 Å². The van der Waals surface area contributed by atoms with Crippen molar-refractivity contribution in [2.24, 2.45) is 0 Å². The number of anilines is 1. The fourth-order valence-electron chi connectivity index (χ4n) is 2.47. The first-order chi connectivity index (χ1) is 7.59. The van der Waals surface area contributed by atoms with Gasteiger partial charge >= 0.3 is 6.03 Å². The van der Waals surface area contributed by atoms with E-state index in [0.717, 1.165) is 11.1 Å². The van der Waals surface area contributed by atoms with Crippen molar-refractivity contribution < 1.29 is 9.59 Å². The molecule has 4 N–H and O–H groups in total. The number of nitrogens with two attached hydrogens (primary N) is 1. The summed E-state index contributed by atoms with van der Waals surface area (Å²) in [5, 5.41) is 4.98. The largest absolute Gasteiger partial charge is 0.399 e. The van der Waals surface area contributed by atoms with E-state index in [2.05, 4.69) is 10.6 Å². The third kappa shape index (κ3) is 1.11. The monoisotopic (exact) mass is 217 g/mol. The molecule has 1 aliphatic heterocycles. The molecule has 1 atom stereocenters. The van der Waals surface area contributed by atoms with Crippen molar-refractivity contribution in [2.75, 3.05) is 5.73 Å². The molecule has 3 rings (SSSR count). The molecule has 2 aliphatic rings. The van der Waals surface area contributed by atoms with Crippen molar-refractivity contribution in [3.8, 4) is 0 Å². The second-order valence-corrected chi connectivity index (χ2v) is 4.37. The van der Waals surface area contributed by atoms with E-state index in [-0.39, 0.29) is 5.91 Å². The predicted molar refractivity (Wildman–Crippen MR) is 57.7 cm³/mol. The maximum atomic E-state index is 11.7. The van der Waals surface area contributed by atoms with Gasteiger partial charge in [-0.05, 0) is 23.3 Å². The Balaban J connectivity index is 2.01. The molecular formula is C11H11N3O2. The van der Waals surface area contributed by atoms with Crippen molar-refractivity contribution in [1.82, 2.24) is 10.6 Å². The minimum absolute atomic E-state index is 0.243. The summed E-state index contributed by atoms with van der Waals surface area (Å²) in [6, 6.07) is 5.18.